The number of anilines is 1. The highest BCUT2D eigenvalue weighted by atomic mass is 35.5. The number of carbonyl (C=O) groups excluding carboxylic acids is 1. The molecule has 160 valence electrons. The molecule has 2 fully saturated rings. The fourth-order valence-electron chi connectivity index (χ4n) is 4.09. The first kappa shape index (κ1) is 25.0. The SMILES string of the molecule is CNCC1CCN(C(=O)C(C)N2CCN(c3ccc(F)cc3)CC2)CC1.Cl.Cl. The van der Waals surface area contributed by atoms with E-state index in [2.05, 4.69) is 15.1 Å². The zero-order valence-electron chi connectivity index (χ0n) is 16.8. The normalized spacial score (nSPS) is 19.5. The lowest BCUT2D eigenvalue weighted by Gasteiger charge is -2.41. The molecule has 2 saturated heterocycles. The average Bonchev–Trinajstić information content (AvgIpc) is 2.68. The van der Waals surface area contributed by atoms with Crippen molar-refractivity contribution in [2.75, 3.05) is 57.8 Å². The lowest BCUT2D eigenvalue weighted by molar-refractivity contribution is -0.138. The second kappa shape index (κ2) is 11.8. The summed E-state index contributed by atoms with van der Waals surface area (Å²) in [6, 6.07) is 6.60. The number of halogens is 3. The van der Waals surface area contributed by atoms with Crippen molar-refractivity contribution in [1.82, 2.24) is 15.1 Å². The maximum Gasteiger partial charge on any atom is 0.239 e. The summed E-state index contributed by atoms with van der Waals surface area (Å²) in [7, 11) is 1.99. The van der Waals surface area contributed by atoms with Crippen LogP contribution < -0.4 is 10.2 Å². The van der Waals surface area contributed by atoms with Gasteiger partial charge in [-0.3, -0.25) is 9.69 Å². The first-order valence-corrected chi connectivity index (χ1v) is 9.76. The molecule has 1 aromatic rings. The number of benzene rings is 1. The predicted octanol–water partition coefficient (Wildman–Crippen LogP) is 2.64. The van der Waals surface area contributed by atoms with Crippen LogP contribution in [0.3, 0.4) is 0 Å². The van der Waals surface area contributed by atoms with E-state index in [-0.39, 0.29) is 42.6 Å². The number of piperidine rings is 1. The van der Waals surface area contributed by atoms with Crippen molar-refractivity contribution in [3.05, 3.63) is 30.1 Å². The third-order valence-electron chi connectivity index (χ3n) is 5.83. The molecule has 0 bridgehead atoms. The van der Waals surface area contributed by atoms with E-state index in [4.69, 9.17) is 0 Å². The molecule has 1 unspecified atom stereocenters. The van der Waals surface area contributed by atoms with Crippen molar-refractivity contribution in [2.24, 2.45) is 5.92 Å². The molecule has 28 heavy (non-hydrogen) atoms. The average molecular weight is 435 g/mol. The van der Waals surface area contributed by atoms with Gasteiger partial charge in [-0.2, -0.15) is 0 Å². The van der Waals surface area contributed by atoms with Crippen LogP contribution in [0.15, 0.2) is 24.3 Å². The van der Waals surface area contributed by atoms with Crippen LogP contribution in [0.4, 0.5) is 10.1 Å². The molecule has 2 aliphatic heterocycles. The quantitative estimate of drug-likeness (QED) is 0.772. The van der Waals surface area contributed by atoms with Crippen molar-refractivity contribution < 1.29 is 9.18 Å². The van der Waals surface area contributed by atoms with Gasteiger partial charge in [0.25, 0.3) is 0 Å². The smallest absolute Gasteiger partial charge is 0.239 e. The number of nitrogens with one attached hydrogen (secondary N) is 1. The van der Waals surface area contributed by atoms with Crippen LogP contribution in [0.5, 0.6) is 0 Å². The third-order valence-corrected chi connectivity index (χ3v) is 5.83. The van der Waals surface area contributed by atoms with Gasteiger partial charge in [-0.05, 0) is 63.5 Å². The number of hydrogen-bond donors (Lipinski definition) is 1. The molecule has 1 atom stereocenters. The Balaban J connectivity index is 0.00000196. The number of amides is 1. The van der Waals surface area contributed by atoms with Crippen molar-refractivity contribution in [1.29, 1.82) is 0 Å². The number of nitrogens with zero attached hydrogens (tertiary/aromatic N) is 3. The van der Waals surface area contributed by atoms with Crippen molar-refractivity contribution in [3.63, 3.8) is 0 Å². The Morgan fingerprint density at radius 1 is 1.07 bits per heavy atom. The van der Waals surface area contributed by atoms with Gasteiger partial charge in [0.2, 0.25) is 5.91 Å². The summed E-state index contributed by atoms with van der Waals surface area (Å²) in [5.74, 6) is 0.756. The molecule has 1 amide bonds. The number of rotatable bonds is 5. The zero-order chi connectivity index (χ0) is 18.5. The Labute approximate surface area is 180 Å². The minimum Gasteiger partial charge on any atom is -0.369 e. The third kappa shape index (κ3) is 6.21. The van der Waals surface area contributed by atoms with E-state index in [0.29, 0.717) is 5.92 Å². The van der Waals surface area contributed by atoms with Crippen LogP contribution in [0.1, 0.15) is 19.8 Å². The van der Waals surface area contributed by atoms with Crippen LogP contribution >= 0.6 is 24.8 Å². The van der Waals surface area contributed by atoms with Gasteiger partial charge < -0.3 is 15.1 Å². The van der Waals surface area contributed by atoms with Crippen LogP contribution in [0.2, 0.25) is 0 Å². The molecule has 1 N–H and O–H groups in total. The summed E-state index contributed by atoms with van der Waals surface area (Å²) in [6.07, 6.45) is 2.19. The van der Waals surface area contributed by atoms with Gasteiger partial charge in [0.05, 0.1) is 6.04 Å². The predicted molar refractivity (Wildman–Crippen MR) is 117 cm³/mol. The molecule has 0 aliphatic carbocycles. The van der Waals surface area contributed by atoms with Crippen molar-refractivity contribution >= 4 is 36.4 Å². The summed E-state index contributed by atoms with van der Waals surface area (Å²) < 4.78 is 13.1. The molecule has 3 rings (SSSR count). The van der Waals surface area contributed by atoms with Crippen molar-refractivity contribution in [2.45, 2.75) is 25.8 Å². The molecule has 0 saturated carbocycles. The van der Waals surface area contributed by atoms with Crippen LogP contribution in [0.25, 0.3) is 0 Å². The van der Waals surface area contributed by atoms with Gasteiger partial charge in [-0.15, -0.1) is 24.8 Å². The number of piperazine rings is 1. The van der Waals surface area contributed by atoms with E-state index in [1.807, 2.05) is 31.0 Å². The van der Waals surface area contributed by atoms with E-state index in [0.717, 1.165) is 64.3 Å². The maximum atomic E-state index is 13.1. The summed E-state index contributed by atoms with van der Waals surface area (Å²) in [4.78, 5) is 19.4. The Morgan fingerprint density at radius 2 is 1.64 bits per heavy atom. The second-order valence-electron chi connectivity index (χ2n) is 7.50. The van der Waals surface area contributed by atoms with E-state index in [9.17, 15) is 9.18 Å². The number of likely N-dealkylation sites (tertiary alicyclic amines) is 1. The largest absolute Gasteiger partial charge is 0.369 e. The van der Waals surface area contributed by atoms with Gasteiger partial charge in [-0.1, -0.05) is 0 Å². The molecule has 2 heterocycles. The zero-order valence-corrected chi connectivity index (χ0v) is 18.4. The van der Waals surface area contributed by atoms with E-state index < -0.39 is 0 Å². The number of hydrogen-bond acceptors (Lipinski definition) is 4. The lowest BCUT2D eigenvalue weighted by Crippen LogP contribution is -2.55. The molecular formula is C20H33Cl2FN4O. The molecule has 1 aromatic carbocycles. The van der Waals surface area contributed by atoms with Gasteiger partial charge in [0.1, 0.15) is 5.82 Å². The van der Waals surface area contributed by atoms with Crippen LogP contribution in [-0.2, 0) is 4.79 Å². The van der Waals surface area contributed by atoms with E-state index >= 15 is 0 Å². The lowest BCUT2D eigenvalue weighted by atomic mass is 9.96. The Kier molecular flexibility index (Phi) is 10.5. The maximum absolute atomic E-state index is 13.1. The molecule has 8 heteroatoms. The minimum atomic E-state index is -0.204. The first-order chi connectivity index (χ1) is 12.6. The number of carbonyl (C=O) groups is 1. The topological polar surface area (TPSA) is 38.8 Å². The summed E-state index contributed by atoms with van der Waals surface area (Å²) in [5.41, 5.74) is 1.05. The van der Waals surface area contributed by atoms with Gasteiger partial charge in [0, 0.05) is 45.0 Å². The molecule has 0 spiro atoms. The van der Waals surface area contributed by atoms with E-state index in [1.54, 1.807) is 0 Å². The van der Waals surface area contributed by atoms with Gasteiger partial charge in [0.15, 0.2) is 0 Å². The molecule has 5 nitrogen and oxygen atoms in total. The van der Waals surface area contributed by atoms with Gasteiger partial charge in [-0.25, -0.2) is 4.39 Å². The van der Waals surface area contributed by atoms with Crippen LogP contribution in [0, 0.1) is 11.7 Å². The summed E-state index contributed by atoms with van der Waals surface area (Å²) in [6.45, 7) is 8.30. The Bertz CT molecular complexity index is 588. The Hall–Kier alpha value is -1.08. The minimum absolute atomic E-state index is 0. The van der Waals surface area contributed by atoms with Gasteiger partial charge >= 0.3 is 0 Å². The van der Waals surface area contributed by atoms with Crippen LogP contribution in [-0.4, -0.2) is 74.6 Å². The molecule has 0 radical (unpaired) electrons. The standard InChI is InChI=1S/C20H31FN4O.2ClH/c1-16(20(26)25-9-7-17(8-10-25)15-22-2)23-11-13-24(14-12-23)19-5-3-18(21)4-6-19;;/h3-6,16-17,22H,7-15H2,1-2H3;2*1H. The fourth-order valence-corrected chi connectivity index (χ4v) is 4.09. The Morgan fingerprint density at radius 3 is 2.18 bits per heavy atom. The second-order valence-corrected chi connectivity index (χ2v) is 7.50. The highest BCUT2D eigenvalue weighted by Crippen LogP contribution is 2.20. The monoisotopic (exact) mass is 434 g/mol. The summed E-state index contributed by atoms with van der Waals surface area (Å²) >= 11 is 0. The molecule has 0 aromatic heterocycles. The first-order valence-electron chi connectivity index (χ1n) is 9.76. The molecule has 2 aliphatic rings. The highest BCUT2D eigenvalue weighted by Gasteiger charge is 2.30. The summed E-state index contributed by atoms with van der Waals surface area (Å²) in [5, 5.41) is 3.24. The highest BCUT2D eigenvalue weighted by molar-refractivity contribution is 5.85. The fraction of sp³-hybridized carbons (Fsp3) is 0.650. The van der Waals surface area contributed by atoms with E-state index in [1.165, 1.54) is 12.1 Å². The van der Waals surface area contributed by atoms with Crippen molar-refractivity contribution in [3.8, 4) is 0 Å². The molecular weight excluding hydrogens is 402 g/mol.